The van der Waals surface area contributed by atoms with Crippen molar-refractivity contribution >= 4 is 21.7 Å². The molecule has 0 fully saturated rings. The van der Waals surface area contributed by atoms with E-state index in [9.17, 15) is 18.5 Å². The Kier molecular flexibility index (Phi) is 7.00. The number of likely N-dealkylation sites (N-methyl/N-ethyl adjacent to an activating group) is 1. The maximum atomic E-state index is 13.6. The highest BCUT2D eigenvalue weighted by Gasteiger charge is 2.35. The van der Waals surface area contributed by atoms with Crippen LogP contribution in [0, 0.1) is 11.3 Å². The van der Waals surface area contributed by atoms with Crippen LogP contribution in [0.2, 0.25) is 0 Å². The number of hydrogen-bond acceptors (Lipinski definition) is 7. The first kappa shape index (κ1) is 24.6. The van der Waals surface area contributed by atoms with Gasteiger partial charge in [-0.1, -0.05) is 12.1 Å². The Morgan fingerprint density at radius 2 is 1.97 bits per heavy atom. The number of nitriles is 1. The first-order valence-electron chi connectivity index (χ1n) is 10.6. The number of esters is 1. The zero-order valence-electron chi connectivity index (χ0n) is 19.5. The molecule has 8 nitrogen and oxygen atoms in total. The third-order valence-corrected chi connectivity index (χ3v) is 6.62. The molecule has 0 saturated carbocycles. The second kappa shape index (κ2) is 9.41. The van der Waals surface area contributed by atoms with Gasteiger partial charge in [0.05, 0.1) is 35.2 Å². The molecule has 0 aliphatic carbocycles. The molecular formula is C24H29N3O5S. The first-order valence-corrected chi connectivity index (χ1v) is 12.0. The number of rotatable bonds is 6. The second-order valence-corrected chi connectivity index (χ2v) is 11.1. The van der Waals surface area contributed by atoms with Gasteiger partial charge in [-0.2, -0.15) is 5.26 Å². The Bertz CT molecular complexity index is 1180. The van der Waals surface area contributed by atoms with Crippen LogP contribution in [0.25, 0.3) is 0 Å². The number of anilines is 1. The van der Waals surface area contributed by atoms with Crippen molar-refractivity contribution in [3.8, 4) is 11.8 Å². The normalized spacial score (nSPS) is 16.0. The van der Waals surface area contributed by atoms with E-state index < -0.39 is 27.7 Å². The molecule has 0 radical (unpaired) electrons. The Balaban J connectivity index is 2.02. The molecule has 0 unspecified atom stereocenters. The number of nitrogens with zero attached hydrogens (tertiary/aromatic N) is 3. The van der Waals surface area contributed by atoms with Crippen molar-refractivity contribution in [2.75, 3.05) is 31.5 Å². The van der Waals surface area contributed by atoms with E-state index in [1.165, 1.54) is 16.4 Å². The van der Waals surface area contributed by atoms with Crippen LogP contribution in [0.5, 0.6) is 5.75 Å². The standard InChI is InChI=1S/C24H29N3O5S/c1-24(2,3)32-23(28)13-17-9-10-22-21(12-17)27(16-19(31-22)15-26(4)5)33(29,30)20-8-6-7-18(11-20)14-25/h6-12,19H,13,15-16H2,1-5H3/t19-/m0/s1. The van der Waals surface area contributed by atoms with Crippen LogP contribution < -0.4 is 9.04 Å². The lowest BCUT2D eigenvalue weighted by atomic mass is 10.1. The van der Waals surface area contributed by atoms with Gasteiger partial charge in [-0.15, -0.1) is 0 Å². The summed E-state index contributed by atoms with van der Waals surface area (Å²) in [6.07, 6.45) is -0.387. The molecular weight excluding hydrogens is 442 g/mol. The van der Waals surface area contributed by atoms with E-state index in [4.69, 9.17) is 9.47 Å². The van der Waals surface area contributed by atoms with Crippen molar-refractivity contribution in [3.63, 3.8) is 0 Å². The van der Waals surface area contributed by atoms with Crippen LogP contribution in [0.3, 0.4) is 0 Å². The molecule has 1 aliphatic rings. The summed E-state index contributed by atoms with van der Waals surface area (Å²) in [6.45, 7) is 5.99. The molecule has 0 aromatic heterocycles. The molecule has 0 bridgehead atoms. The van der Waals surface area contributed by atoms with Gasteiger partial charge in [0.25, 0.3) is 10.0 Å². The number of carbonyl (C=O) groups excluding carboxylic acids is 1. The average molecular weight is 472 g/mol. The molecule has 0 N–H and O–H groups in total. The van der Waals surface area contributed by atoms with E-state index in [1.54, 1.807) is 51.1 Å². The molecule has 0 saturated heterocycles. The fourth-order valence-corrected chi connectivity index (χ4v) is 5.14. The molecule has 0 amide bonds. The van der Waals surface area contributed by atoms with Crippen LogP contribution in [-0.2, 0) is 26.0 Å². The smallest absolute Gasteiger partial charge is 0.310 e. The number of ether oxygens (including phenoxy) is 2. The summed E-state index contributed by atoms with van der Waals surface area (Å²) >= 11 is 0. The van der Waals surface area contributed by atoms with Crippen LogP contribution in [0.15, 0.2) is 47.4 Å². The first-order chi connectivity index (χ1) is 15.4. The average Bonchev–Trinajstić information content (AvgIpc) is 2.71. The summed E-state index contributed by atoms with van der Waals surface area (Å²) < 4.78 is 40.0. The zero-order chi connectivity index (χ0) is 24.4. The summed E-state index contributed by atoms with van der Waals surface area (Å²) in [4.78, 5) is 14.3. The molecule has 1 heterocycles. The number of benzene rings is 2. The summed E-state index contributed by atoms with van der Waals surface area (Å²) in [6, 6.07) is 13.0. The van der Waals surface area contributed by atoms with Crippen molar-refractivity contribution in [1.29, 1.82) is 5.26 Å². The highest BCUT2D eigenvalue weighted by Crippen LogP contribution is 2.38. The van der Waals surface area contributed by atoms with Gasteiger partial charge in [-0.25, -0.2) is 8.42 Å². The SMILES string of the molecule is CN(C)C[C@H]1CN(S(=O)(=O)c2cccc(C#N)c2)c2cc(CC(=O)OC(C)(C)C)ccc2O1. The van der Waals surface area contributed by atoms with Crippen molar-refractivity contribution in [1.82, 2.24) is 4.90 Å². The second-order valence-electron chi connectivity index (χ2n) is 9.24. The zero-order valence-corrected chi connectivity index (χ0v) is 20.3. The van der Waals surface area contributed by atoms with Gasteiger partial charge >= 0.3 is 5.97 Å². The maximum Gasteiger partial charge on any atom is 0.310 e. The van der Waals surface area contributed by atoms with Gasteiger partial charge in [0.2, 0.25) is 0 Å². The van der Waals surface area contributed by atoms with Crippen molar-refractivity contribution in [3.05, 3.63) is 53.6 Å². The minimum absolute atomic E-state index is 0.00345. The van der Waals surface area contributed by atoms with E-state index in [-0.39, 0.29) is 23.4 Å². The molecule has 9 heteroatoms. The van der Waals surface area contributed by atoms with Crippen molar-refractivity contribution < 1.29 is 22.7 Å². The number of hydrogen-bond donors (Lipinski definition) is 0. The maximum absolute atomic E-state index is 13.6. The highest BCUT2D eigenvalue weighted by atomic mass is 32.2. The van der Waals surface area contributed by atoms with Gasteiger partial charge in [-0.3, -0.25) is 9.10 Å². The Morgan fingerprint density at radius 3 is 2.61 bits per heavy atom. The van der Waals surface area contributed by atoms with Crippen LogP contribution in [0.4, 0.5) is 5.69 Å². The summed E-state index contributed by atoms with van der Waals surface area (Å²) in [5, 5.41) is 9.21. The molecule has 2 aromatic carbocycles. The van der Waals surface area contributed by atoms with E-state index in [0.29, 0.717) is 23.5 Å². The predicted octanol–water partition coefficient (Wildman–Crippen LogP) is 2.96. The lowest BCUT2D eigenvalue weighted by Gasteiger charge is -2.36. The van der Waals surface area contributed by atoms with Gasteiger partial charge in [0.1, 0.15) is 17.5 Å². The minimum Gasteiger partial charge on any atom is -0.485 e. The number of carbonyl (C=O) groups is 1. The molecule has 2 aromatic rings. The van der Waals surface area contributed by atoms with Crippen molar-refractivity contribution in [2.45, 2.75) is 43.8 Å². The van der Waals surface area contributed by atoms with Gasteiger partial charge in [0, 0.05) is 6.54 Å². The third-order valence-electron chi connectivity index (χ3n) is 4.84. The van der Waals surface area contributed by atoms with Gasteiger partial charge < -0.3 is 14.4 Å². The van der Waals surface area contributed by atoms with Crippen LogP contribution in [-0.4, -0.2) is 58.2 Å². The molecule has 176 valence electrons. The fourth-order valence-electron chi connectivity index (χ4n) is 3.60. The lowest BCUT2D eigenvalue weighted by molar-refractivity contribution is -0.153. The monoisotopic (exact) mass is 471 g/mol. The molecule has 0 spiro atoms. The van der Waals surface area contributed by atoms with Gasteiger partial charge in [-0.05, 0) is 70.8 Å². The van der Waals surface area contributed by atoms with E-state index in [1.807, 2.05) is 25.1 Å². The lowest BCUT2D eigenvalue weighted by Crippen LogP contribution is -2.47. The van der Waals surface area contributed by atoms with Crippen molar-refractivity contribution in [2.24, 2.45) is 0 Å². The summed E-state index contributed by atoms with van der Waals surface area (Å²) in [7, 11) is -0.209. The summed E-state index contributed by atoms with van der Waals surface area (Å²) in [5.41, 5.74) is 0.611. The third kappa shape index (κ3) is 6.03. The Hall–Kier alpha value is -3.09. The Labute approximate surface area is 195 Å². The number of sulfonamides is 1. The predicted molar refractivity (Wildman–Crippen MR) is 125 cm³/mol. The van der Waals surface area contributed by atoms with E-state index in [0.717, 1.165) is 0 Å². The molecule has 3 rings (SSSR count). The fraction of sp³-hybridized carbons (Fsp3) is 0.417. The van der Waals surface area contributed by atoms with Gasteiger partial charge in [0.15, 0.2) is 0 Å². The van der Waals surface area contributed by atoms with Crippen LogP contribution in [0.1, 0.15) is 31.9 Å². The highest BCUT2D eigenvalue weighted by molar-refractivity contribution is 7.92. The Morgan fingerprint density at radius 1 is 1.24 bits per heavy atom. The quantitative estimate of drug-likeness (QED) is 0.597. The molecule has 1 aliphatic heterocycles. The van der Waals surface area contributed by atoms with Crippen LogP contribution >= 0.6 is 0 Å². The minimum atomic E-state index is -3.98. The number of fused-ring (bicyclic) bond motifs is 1. The van der Waals surface area contributed by atoms with E-state index >= 15 is 0 Å². The summed E-state index contributed by atoms with van der Waals surface area (Å²) in [5.74, 6) is 0.0156. The molecule has 1 atom stereocenters. The topological polar surface area (TPSA) is 99.9 Å². The molecule has 33 heavy (non-hydrogen) atoms. The largest absolute Gasteiger partial charge is 0.485 e. The van der Waals surface area contributed by atoms with E-state index in [2.05, 4.69) is 0 Å².